The smallest absolute Gasteiger partial charge is 0.234 e. The summed E-state index contributed by atoms with van der Waals surface area (Å²) in [6, 6.07) is 10.2. The van der Waals surface area contributed by atoms with E-state index < -0.39 is 0 Å². The van der Waals surface area contributed by atoms with Gasteiger partial charge >= 0.3 is 0 Å². The van der Waals surface area contributed by atoms with E-state index in [1.807, 2.05) is 18.2 Å². The molecule has 0 fully saturated rings. The molecule has 0 bridgehead atoms. The van der Waals surface area contributed by atoms with Gasteiger partial charge in [-0.15, -0.1) is 0 Å². The predicted molar refractivity (Wildman–Crippen MR) is 65.6 cm³/mol. The Kier molecular flexibility index (Phi) is 3.88. The average molecular weight is 231 g/mol. The molecule has 0 saturated carbocycles. The van der Waals surface area contributed by atoms with Crippen molar-refractivity contribution < 1.29 is 4.52 Å². The summed E-state index contributed by atoms with van der Waals surface area (Å²) in [6.07, 6.45) is 1.60. The van der Waals surface area contributed by atoms with Gasteiger partial charge in [0.15, 0.2) is 5.82 Å². The van der Waals surface area contributed by atoms with E-state index in [-0.39, 0.29) is 5.92 Å². The van der Waals surface area contributed by atoms with Crippen LogP contribution in [0.5, 0.6) is 0 Å². The minimum Gasteiger partial charge on any atom is -0.339 e. The van der Waals surface area contributed by atoms with Crippen molar-refractivity contribution in [2.45, 2.75) is 25.7 Å². The number of nitrogens with two attached hydrogens (primary N) is 1. The summed E-state index contributed by atoms with van der Waals surface area (Å²) in [5.41, 5.74) is 6.67. The minimum atomic E-state index is 0.176. The molecule has 4 nitrogen and oxygen atoms in total. The van der Waals surface area contributed by atoms with Gasteiger partial charge in [0.2, 0.25) is 5.89 Å². The summed E-state index contributed by atoms with van der Waals surface area (Å²) in [4.78, 5) is 4.39. The molecule has 0 aliphatic carbocycles. The maximum atomic E-state index is 5.47. The van der Waals surface area contributed by atoms with E-state index in [1.54, 1.807) is 0 Å². The number of hydrogen-bond acceptors (Lipinski definition) is 4. The highest BCUT2D eigenvalue weighted by molar-refractivity contribution is 5.24. The Morgan fingerprint density at radius 1 is 1.29 bits per heavy atom. The molecule has 2 aromatic rings. The van der Waals surface area contributed by atoms with Gasteiger partial charge in [0, 0.05) is 6.42 Å². The van der Waals surface area contributed by atoms with Gasteiger partial charge < -0.3 is 10.3 Å². The summed E-state index contributed by atoms with van der Waals surface area (Å²) in [5, 5.41) is 3.93. The van der Waals surface area contributed by atoms with E-state index in [0.29, 0.717) is 24.7 Å². The lowest BCUT2D eigenvalue weighted by atomic mass is 9.96. The van der Waals surface area contributed by atoms with Crippen molar-refractivity contribution in [2.24, 2.45) is 5.73 Å². The average Bonchev–Trinajstić information content (AvgIpc) is 2.81. The molecule has 0 saturated heterocycles. The van der Waals surface area contributed by atoms with Gasteiger partial charge in [0.1, 0.15) is 0 Å². The number of benzene rings is 1. The quantitative estimate of drug-likeness (QED) is 0.856. The summed E-state index contributed by atoms with van der Waals surface area (Å²) in [7, 11) is 0. The topological polar surface area (TPSA) is 64.9 Å². The number of aromatic nitrogens is 2. The van der Waals surface area contributed by atoms with Crippen LogP contribution < -0.4 is 5.73 Å². The van der Waals surface area contributed by atoms with E-state index in [1.165, 1.54) is 5.56 Å². The monoisotopic (exact) mass is 231 g/mol. The Labute approximate surface area is 101 Å². The largest absolute Gasteiger partial charge is 0.339 e. The van der Waals surface area contributed by atoms with E-state index >= 15 is 0 Å². The predicted octanol–water partition coefficient (Wildman–Crippen LogP) is 2.11. The Morgan fingerprint density at radius 2 is 2.06 bits per heavy atom. The highest BCUT2D eigenvalue weighted by Gasteiger charge is 2.18. The standard InChI is InChI=1S/C13H17N3O/c1-2-11(10-6-4-3-5-7-10)13-15-12(8-9-14)16-17-13/h3-7,11H,2,8-9,14H2,1H3. The maximum absolute atomic E-state index is 5.47. The number of hydrogen-bond donors (Lipinski definition) is 1. The van der Waals surface area contributed by atoms with Crippen LogP contribution >= 0.6 is 0 Å². The van der Waals surface area contributed by atoms with Crippen LogP contribution in [-0.4, -0.2) is 16.7 Å². The second-order valence-corrected chi connectivity index (χ2v) is 3.96. The molecule has 1 heterocycles. The maximum Gasteiger partial charge on any atom is 0.234 e. The van der Waals surface area contributed by atoms with Crippen LogP contribution in [0.15, 0.2) is 34.9 Å². The van der Waals surface area contributed by atoms with Crippen LogP contribution in [0.2, 0.25) is 0 Å². The van der Waals surface area contributed by atoms with E-state index in [2.05, 4.69) is 29.2 Å². The molecule has 90 valence electrons. The minimum absolute atomic E-state index is 0.176. The third kappa shape index (κ3) is 2.71. The molecule has 0 aliphatic heterocycles. The summed E-state index contributed by atoms with van der Waals surface area (Å²) in [5.74, 6) is 1.55. The zero-order valence-electron chi connectivity index (χ0n) is 9.97. The Bertz CT molecular complexity index is 453. The van der Waals surface area contributed by atoms with Crippen molar-refractivity contribution in [3.63, 3.8) is 0 Å². The lowest BCUT2D eigenvalue weighted by Gasteiger charge is -2.09. The van der Waals surface area contributed by atoms with Crippen molar-refractivity contribution >= 4 is 0 Å². The second kappa shape index (κ2) is 5.59. The van der Waals surface area contributed by atoms with Crippen molar-refractivity contribution in [1.82, 2.24) is 10.1 Å². The molecule has 2 N–H and O–H groups in total. The molecule has 17 heavy (non-hydrogen) atoms. The van der Waals surface area contributed by atoms with Crippen LogP contribution in [0.25, 0.3) is 0 Å². The van der Waals surface area contributed by atoms with E-state index in [9.17, 15) is 0 Å². The Hall–Kier alpha value is -1.68. The van der Waals surface area contributed by atoms with Crippen LogP contribution in [-0.2, 0) is 6.42 Å². The van der Waals surface area contributed by atoms with Gasteiger partial charge in [-0.05, 0) is 18.5 Å². The summed E-state index contributed by atoms with van der Waals surface area (Å²) in [6.45, 7) is 2.66. The molecule has 0 radical (unpaired) electrons. The lowest BCUT2D eigenvalue weighted by Crippen LogP contribution is -2.05. The van der Waals surface area contributed by atoms with E-state index in [4.69, 9.17) is 10.3 Å². The van der Waals surface area contributed by atoms with Gasteiger partial charge in [0.25, 0.3) is 0 Å². The fourth-order valence-corrected chi connectivity index (χ4v) is 1.88. The highest BCUT2D eigenvalue weighted by atomic mass is 16.5. The number of rotatable bonds is 5. The molecule has 1 unspecified atom stereocenters. The zero-order chi connectivity index (χ0) is 12.1. The lowest BCUT2D eigenvalue weighted by molar-refractivity contribution is 0.358. The fourth-order valence-electron chi connectivity index (χ4n) is 1.88. The van der Waals surface area contributed by atoms with Crippen molar-refractivity contribution in [2.75, 3.05) is 6.54 Å². The van der Waals surface area contributed by atoms with Gasteiger partial charge in [0.05, 0.1) is 5.92 Å². The molecule has 1 aromatic heterocycles. The molecule has 0 spiro atoms. The second-order valence-electron chi connectivity index (χ2n) is 3.96. The molecule has 4 heteroatoms. The van der Waals surface area contributed by atoms with E-state index in [0.717, 1.165) is 6.42 Å². The third-order valence-electron chi connectivity index (χ3n) is 2.76. The first-order valence-corrected chi connectivity index (χ1v) is 5.92. The third-order valence-corrected chi connectivity index (χ3v) is 2.76. The first-order valence-electron chi connectivity index (χ1n) is 5.92. The Morgan fingerprint density at radius 3 is 2.71 bits per heavy atom. The van der Waals surface area contributed by atoms with Gasteiger partial charge in [-0.2, -0.15) is 4.98 Å². The molecule has 0 amide bonds. The molecule has 2 rings (SSSR count). The molecular formula is C13H17N3O. The molecule has 1 aromatic carbocycles. The van der Waals surface area contributed by atoms with Crippen LogP contribution in [0.3, 0.4) is 0 Å². The summed E-state index contributed by atoms with van der Waals surface area (Å²) >= 11 is 0. The molecule has 1 atom stereocenters. The normalized spacial score (nSPS) is 12.6. The first-order chi connectivity index (χ1) is 8.35. The highest BCUT2D eigenvalue weighted by Crippen LogP contribution is 2.26. The fraction of sp³-hybridized carbons (Fsp3) is 0.385. The molecule has 0 aliphatic rings. The molecular weight excluding hydrogens is 214 g/mol. The zero-order valence-corrected chi connectivity index (χ0v) is 9.97. The summed E-state index contributed by atoms with van der Waals surface area (Å²) < 4.78 is 5.31. The van der Waals surface area contributed by atoms with Crippen molar-refractivity contribution in [3.8, 4) is 0 Å². The van der Waals surface area contributed by atoms with Gasteiger partial charge in [-0.3, -0.25) is 0 Å². The van der Waals surface area contributed by atoms with Gasteiger partial charge in [-0.25, -0.2) is 0 Å². The first kappa shape index (κ1) is 11.8. The Balaban J connectivity index is 2.23. The number of nitrogens with zero attached hydrogens (tertiary/aromatic N) is 2. The SMILES string of the molecule is CCC(c1ccccc1)c1nc(CCN)no1. The van der Waals surface area contributed by atoms with Crippen molar-refractivity contribution in [1.29, 1.82) is 0 Å². The van der Waals surface area contributed by atoms with Crippen molar-refractivity contribution in [3.05, 3.63) is 47.6 Å². The van der Waals surface area contributed by atoms with Crippen LogP contribution in [0.4, 0.5) is 0 Å². The van der Waals surface area contributed by atoms with Crippen LogP contribution in [0, 0.1) is 0 Å². The van der Waals surface area contributed by atoms with Gasteiger partial charge in [-0.1, -0.05) is 42.4 Å². The van der Waals surface area contributed by atoms with Crippen LogP contribution in [0.1, 0.15) is 36.5 Å².